The summed E-state index contributed by atoms with van der Waals surface area (Å²) in [6, 6.07) is 9.91. The molecule has 0 fully saturated rings. The SMILES string of the molecule is Cc1ccc(C)c(COc2cc3oc(=O)c4c(c3cc2Cl)CCCC4)c1. The van der Waals surface area contributed by atoms with E-state index >= 15 is 0 Å². The van der Waals surface area contributed by atoms with Gasteiger partial charge in [0.25, 0.3) is 0 Å². The Morgan fingerprint density at radius 2 is 1.85 bits per heavy atom. The van der Waals surface area contributed by atoms with Crippen LogP contribution >= 0.6 is 11.6 Å². The predicted molar refractivity (Wildman–Crippen MR) is 104 cm³/mol. The van der Waals surface area contributed by atoms with Gasteiger partial charge in [0.2, 0.25) is 0 Å². The van der Waals surface area contributed by atoms with Crippen LogP contribution in [0.1, 0.15) is 40.7 Å². The van der Waals surface area contributed by atoms with Crippen molar-refractivity contribution in [1.29, 1.82) is 0 Å². The molecule has 0 amide bonds. The van der Waals surface area contributed by atoms with Crippen molar-refractivity contribution >= 4 is 22.6 Å². The molecule has 0 saturated carbocycles. The molecular formula is C22H21ClO3. The first kappa shape index (κ1) is 17.2. The van der Waals surface area contributed by atoms with E-state index in [-0.39, 0.29) is 5.63 Å². The summed E-state index contributed by atoms with van der Waals surface area (Å²) in [5.74, 6) is 0.541. The van der Waals surface area contributed by atoms with E-state index in [0.717, 1.165) is 47.8 Å². The Labute approximate surface area is 157 Å². The van der Waals surface area contributed by atoms with Crippen molar-refractivity contribution in [2.24, 2.45) is 0 Å². The Hall–Kier alpha value is -2.26. The van der Waals surface area contributed by atoms with Gasteiger partial charge >= 0.3 is 5.63 Å². The molecule has 0 unspecified atom stereocenters. The molecule has 0 aliphatic heterocycles. The maximum atomic E-state index is 12.3. The van der Waals surface area contributed by atoms with Gasteiger partial charge < -0.3 is 9.15 Å². The monoisotopic (exact) mass is 368 g/mol. The van der Waals surface area contributed by atoms with Gasteiger partial charge in [-0.05, 0) is 62.3 Å². The Balaban J connectivity index is 1.71. The van der Waals surface area contributed by atoms with Gasteiger partial charge in [-0.1, -0.05) is 35.4 Å². The lowest BCUT2D eigenvalue weighted by molar-refractivity contribution is 0.305. The Morgan fingerprint density at radius 1 is 1.08 bits per heavy atom. The molecule has 26 heavy (non-hydrogen) atoms. The summed E-state index contributed by atoms with van der Waals surface area (Å²) in [7, 11) is 0. The van der Waals surface area contributed by atoms with E-state index in [9.17, 15) is 4.79 Å². The summed E-state index contributed by atoms with van der Waals surface area (Å²) in [6.07, 6.45) is 3.81. The molecular weight excluding hydrogens is 348 g/mol. The lowest BCUT2D eigenvalue weighted by atomic mass is 9.91. The third-order valence-corrected chi connectivity index (χ3v) is 5.46. The Bertz CT molecular complexity index is 1050. The van der Waals surface area contributed by atoms with Crippen molar-refractivity contribution < 1.29 is 9.15 Å². The summed E-state index contributed by atoms with van der Waals surface area (Å²) in [5.41, 5.74) is 5.71. The summed E-state index contributed by atoms with van der Waals surface area (Å²) >= 11 is 6.48. The normalized spacial score (nSPS) is 13.7. The zero-order valence-corrected chi connectivity index (χ0v) is 15.8. The van der Waals surface area contributed by atoms with Crippen LogP contribution in [0.15, 0.2) is 39.5 Å². The number of hydrogen-bond donors (Lipinski definition) is 0. The van der Waals surface area contributed by atoms with E-state index in [1.54, 1.807) is 6.07 Å². The van der Waals surface area contributed by atoms with E-state index in [4.69, 9.17) is 20.8 Å². The number of hydrogen-bond acceptors (Lipinski definition) is 3. The molecule has 2 aromatic carbocycles. The third kappa shape index (κ3) is 3.12. The van der Waals surface area contributed by atoms with Crippen LogP contribution in [0.5, 0.6) is 5.75 Å². The molecule has 0 bridgehead atoms. The van der Waals surface area contributed by atoms with E-state index in [1.807, 2.05) is 6.07 Å². The molecule has 4 rings (SSSR count). The number of fused-ring (bicyclic) bond motifs is 3. The van der Waals surface area contributed by atoms with Crippen molar-refractivity contribution in [3.63, 3.8) is 0 Å². The molecule has 0 N–H and O–H groups in total. The minimum Gasteiger partial charge on any atom is -0.487 e. The summed E-state index contributed by atoms with van der Waals surface area (Å²) < 4.78 is 11.5. The zero-order valence-electron chi connectivity index (χ0n) is 15.0. The van der Waals surface area contributed by atoms with Crippen LogP contribution in [0.25, 0.3) is 11.0 Å². The van der Waals surface area contributed by atoms with E-state index in [0.29, 0.717) is 23.0 Å². The highest BCUT2D eigenvalue weighted by atomic mass is 35.5. The van der Waals surface area contributed by atoms with Crippen LogP contribution in [0.3, 0.4) is 0 Å². The average molecular weight is 369 g/mol. The highest BCUT2D eigenvalue weighted by Crippen LogP contribution is 2.34. The molecule has 1 heterocycles. The van der Waals surface area contributed by atoms with Crippen molar-refractivity contribution in [2.75, 3.05) is 0 Å². The van der Waals surface area contributed by atoms with Gasteiger partial charge in [0.05, 0.1) is 5.02 Å². The summed E-state index contributed by atoms with van der Waals surface area (Å²) in [4.78, 5) is 12.3. The number of halogens is 1. The first-order chi connectivity index (χ1) is 12.5. The average Bonchev–Trinajstić information content (AvgIpc) is 2.63. The summed E-state index contributed by atoms with van der Waals surface area (Å²) in [6.45, 7) is 4.54. The fraction of sp³-hybridized carbons (Fsp3) is 0.318. The van der Waals surface area contributed by atoms with Crippen molar-refractivity contribution in [1.82, 2.24) is 0 Å². The van der Waals surface area contributed by atoms with Crippen LogP contribution in [-0.2, 0) is 19.4 Å². The Kier molecular flexibility index (Phi) is 4.49. The highest BCUT2D eigenvalue weighted by molar-refractivity contribution is 6.32. The lowest BCUT2D eigenvalue weighted by Gasteiger charge is -2.17. The largest absolute Gasteiger partial charge is 0.487 e. The topological polar surface area (TPSA) is 39.4 Å². The van der Waals surface area contributed by atoms with Gasteiger partial charge in [0.1, 0.15) is 17.9 Å². The molecule has 3 aromatic rings. The number of ether oxygens (including phenoxy) is 1. The molecule has 1 aliphatic rings. The summed E-state index contributed by atoms with van der Waals surface area (Å²) in [5, 5.41) is 1.48. The van der Waals surface area contributed by atoms with Crippen molar-refractivity contribution in [3.8, 4) is 5.75 Å². The van der Waals surface area contributed by atoms with Crippen LogP contribution in [-0.4, -0.2) is 0 Å². The van der Waals surface area contributed by atoms with Crippen LogP contribution in [0.2, 0.25) is 5.02 Å². The second-order valence-corrected chi connectivity index (χ2v) is 7.46. The maximum absolute atomic E-state index is 12.3. The van der Waals surface area contributed by atoms with Gasteiger partial charge in [0, 0.05) is 17.0 Å². The van der Waals surface area contributed by atoms with Gasteiger partial charge in [-0.3, -0.25) is 0 Å². The van der Waals surface area contributed by atoms with Gasteiger partial charge in [-0.15, -0.1) is 0 Å². The molecule has 0 atom stereocenters. The van der Waals surface area contributed by atoms with Crippen LogP contribution in [0.4, 0.5) is 0 Å². The minimum atomic E-state index is -0.227. The molecule has 1 aliphatic carbocycles. The van der Waals surface area contributed by atoms with Crippen LogP contribution < -0.4 is 10.4 Å². The molecule has 134 valence electrons. The van der Waals surface area contributed by atoms with E-state index in [2.05, 4.69) is 32.0 Å². The quantitative estimate of drug-likeness (QED) is 0.571. The van der Waals surface area contributed by atoms with Crippen LogP contribution in [0, 0.1) is 13.8 Å². The smallest absolute Gasteiger partial charge is 0.339 e. The molecule has 4 heteroatoms. The standard InChI is InChI=1S/C22H21ClO3/c1-13-7-8-14(2)15(9-13)12-25-21-11-20-18(10-19(21)23)16-5-3-4-6-17(16)22(24)26-20/h7-11H,3-6,12H2,1-2H3. The highest BCUT2D eigenvalue weighted by Gasteiger charge is 2.19. The minimum absolute atomic E-state index is 0.227. The maximum Gasteiger partial charge on any atom is 0.339 e. The molecule has 0 radical (unpaired) electrons. The first-order valence-electron chi connectivity index (χ1n) is 9.00. The van der Waals surface area contributed by atoms with Crippen molar-refractivity contribution in [3.05, 3.63) is 73.6 Å². The zero-order chi connectivity index (χ0) is 18.3. The predicted octanol–water partition coefficient (Wildman–Crippen LogP) is 5.52. The van der Waals surface area contributed by atoms with E-state index < -0.39 is 0 Å². The van der Waals surface area contributed by atoms with Gasteiger partial charge in [-0.2, -0.15) is 0 Å². The molecule has 3 nitrogen and oxygen atoms in total. The number of aryl methyl sites for hydroxylation is 3. The Morgan fingerprint density at radius 3 is 2.65 bits per heavy atom. The number of rotatable bonds is 3. The number of benzene rings is 2. The van der Waals surface area contributed by atoms with Gasteiger partial charge in [-0.25, -0.2) is 4.79 Å². The fourth-order valence-corrected chi connectivity index (χ4v) is 3.88. The van der Waals surface area contributed by atoms with Crippen molar-refractivity contribution in [2.45, 2.75) is 46.1 Å². The lowest BCUT2D eigenvalue weighted by Crippen LogP contribution is -2.15. The second kappa shape index (κ2) is 6.81. The molecule has 0 saturated heterocycles. The third-order valence-electron chi connectivity index (χ3n) is 5.16. The molecule has 1 aromatic heterocycles. The first-order valence-corrected chi connectivity index (χ1v) is 9.38. The second-order valence-electron chi connectivity index (χ2n) is 7.05. The van der Waals surface area contributed by atoms with E-state index in [1.165, 1.54) is 11.1 Å². The van der Waals surface area contributed by atoms with Gasteiger partial charge in [0.15, 0.2) is 0 Å². The fourth-order valence-electron chi connectivity index (χ4n) is 3.67. The molecule has 0 spiro atoms.